The van der Waals surface area contributed by atoms with Gasteiger partial charge in [-0.25, -0.2) is 4.98 Å². The second-order valence-corrected chi connectivity index (χ2v) is 9.01. The van der Waals surface area contributed by atoms with E-state index < -0.39 is 0 Å². The molecule has 0 atom stereocenters. The molecule has 0 aliphatic carbocycles. The van der Waals surface area contributed by atoms with Crippen LogP contribution in [0.1, 0.15) is 16.8 Å². The number of hydrogen-bond donors (Lipinski definition) is 1. The van der Waals surface area contributed by atoms with E-state index in [0.29, 0.717) is 25.5 Å². The van der Waals surface area contributed by atoms with Gasteiger partial charge in [0.2, 0.25) is 11.9 Å². The van der Waals surface area contributed by atoms with Gasteiger partial charge < -0.3 is 19.7 Å². The lowest BCUT2D eigenvalue weighted by molar-refractivity contribution is -0.130. The van der Waals surface area contributed by atoms with Gasteiger partial charge in [-0.3, -0.25) is 4.79 Å². The number of carbonyl (C=O) groups is 1. The summed E-state index contributed by atoms with van der Waals surface area (Å²) in [6.45, 7) is 6.93. The summed E-state index contributed by atoms with van der Waals surface area (Å²) in [6.07, 6.45) is 2.50. The van der Waals surface area contributed by atoms with Gasteiger partial charge in [0, 0.05) is 67.8 Å². The lowest BCUT2D eigenvalue weighted by Gasteiger charge is -2.35. The van der Waals surface area contributed by atoms with Crippen LogP contribution < -0.4 is 10.2 Å². The summed E-state index contributed by atoms with van der Waals surface area (Å²) in [7, 11) is 2.03. The summed E-state index contributed by atoms with van der Waals surface area (Å²) < 4.78 is 2.09. The first-order chi connectivity index (χ1) is 16.5. The number of para-hydroxylation sites is 1. The predicted molar refractivity (Wildman–Crippen MR) is 137 cm³/mol. The van der Waals surface area contributed by atoms with Gasteiger partial charge in [-0.2, -0.15) is 4.98 Å². The van der Waals surface area contributed by atoms with Crippen molar-refractivity contribution in [1.82, 2.24) is 19.4 Å². The molecule has 7 heteroatoms. The molecule has 2 aromatic carbocycles. The van der Waals surface area contributed by atoms with Crippen LogP contribution in [0.5, 0.6) is 0 Å². The van der Waals surface area contributed by atoms with Crippen LogP contribution in [-0.4, -0.2) is 51.5 Å². The monoisotopic (exact) mass is 454 g/mol. The second-order valence-electron chi connectivity index (χ2n) is 9.01. The van der Waals surface area contributed by atoms with E-state index in [0.717, 1.165) is 46.8 Å². The average Bonchev–Trinajstić information content (AvgIpc) is 3.15. The third kappa shape index (κ3) is 4.59. The highest BCUT2D eigenvalue weighted by molar-refractivity contribution is 5.89. The van der Waals surface area contributed by atoms with E-state index in [4.69, 9.17) is 4.98 Å². The minimum absolute atomic E-state index is 0.177. The van der Waals surface area contributed by atoms with Crippen molar-refractivity contribution in [3.05, 3.63) is 77.6 Å². The SMILES string of the molecule is Cc1ccc(Nc2nc(C)cc(N3CCN(C(=O)Cc4cn(C)c5ccccc45)CC3)n2)cc1. The number of fused-ring (bicyclic) bond motifs is 1. The lowest BCUT2D eigenvalue weighted by Crippen LogP contribution is -2.49. The molecule has 0 saturated carbocycles. The van der Waals surface area contributed by atoms with E-state index in [-0.39, 0.29) is 5.91 Å². The fourth-order valence-electron chi connectivity index (χ4n) is 4.56. The van der Waals surface area contributed by atoms with Crippen LogP contribution in [0.25, 0.3) is 10.9 Å². The molecule has 0 bridgehead atoms. The fourth-order valence-corrected chi connectivity index (χ4v) is 4.56. The summed E-state index contributed by atoms with van der Waals surface area (Å²) >= 11 is 0. The van der Waals surface area contributed by atoms with Crippen molar-refractivity contribution in [3.8, 4) is 0 Å². The standard InChI is InChI=1S/C27H30N6O/c1-19-8-10-22(11-9-19)29-27-28-20(2)16-25(30-27)32-12-14-33(15-13-32)26(34)17-21-18-31(3)24-7-5-4-6-23(21)24/h4-11,16,18H,12-15,17H2,1-3H3,(H,28,29,30). The molecule has 5 rings (SSSR count). The van der Waals surface area contributed by atoms with E-state index in [1.54, 1.807) is 0 Å². The van der Waals surface area contributed by atoms with Crippen LogP contribution in [-0.2, 0) is 18.3 Å². The van der Waals surface area contributed by atoms with Crippen molar-refractivity contribution in [3.63, 3.8) is 0 Å². The summed E-state index contributed by atoms with van der Waals surface area (Å²) in [5.41, 5.74) is 5.33. The number of aryl methyl sites for hydroxylation is 3. The number of carbonyl (C=O) groups excluding carboxylic acids is 1. The highest BCUT2D eigenvalue weighted by Crippen LogP contribution is 2.23. The van der Waals surface area contributed by atoms with Gasteiger partial charge >= 0.3 is 0 Å². The molecule has 2 aromatic heterocycles. The maximum absolute atomic E-state index is 13.1. The van der Waals surface area contributed by atoms with Crippen molar-refractivity contribution in [2.45, 2.75) is 20.3 Å². The van der Waals surface area contributed by atoms with Crippen LogP contribution in [0.15, 0.2) is 60.8 Å². The molecule has 1 N–H and O–H groups in total. The number of rotatable bonds is 5. The molecular weight excluding hydrogens is 424 g/mol. The highest BCUT2D eigenvalue weighted by atomic mass is 16.2. The molecule has 1 amide bonds. The number of piperazine rings is 1. The number of hydrogen-bond acceptors (Lipinski definition) is 5. The molecule has 1 saturated heterocycles. The third-order valence-corrected chi connectivity index (χ3v) is 6.43. The Bertz CT molecular complexity index is 1320. The van der Waals surface area contributed by atoms with Gasteiger partial charge in [-0.1, -0.05) is 35.9 Å². The quantitative estimate of drug-likeness (QED) is 0.489. The maximum Gasteiger partial charge on any atom is 0.229 e. The lowest BCUT2D eigenvalue weighted by atomic mass is 10.1. The van der Waals surface area contributed by atoms with Crippen LogP contribution in [0.2, 0.25) is 0 Å². The fraction of sp³-hybridized carbons (Fsp3) is 0.296. The summed E-state index contributed by atoms with van der Waals surface area (Å²) in [4.78, 5) is 26.6. The van der Waals surface area contributed by atoms with Gasteiger partial charge in [-0.05, 0) is 37.6 Å². The number of nitrogens with one attached hydrogen (secondary N) is 1. The Labute approximate surface area is 200 Å². The van der Waals surface area contributed by atoms with Gasteiger partial charge in [0.15, 0.2) is 0 Å². The van der Waals surface area contributed by atoms with Crippen molar-refractivity contribution in [2.75, 3.05) is 36.4 Å². The van der Waals surface area contributed by atoms with Gasteiger partial charge in [0.1, 0.15) is 5.82 Å². The van der Waals surface area contributed by atoms with E-state index in [1.807, 2.05) is 49.2 Å². The Morgan fingerprint density at radius 2 is 1.71 bits per heavy atom. The largest absolute Gasteiger partial charge is 0.353 e. The molecule has 34 heavy (non-hydrogen) atoms. The Morgan fingerprint density at radius 3 is 2.47 bits per heavy atom. The van der Waals surface area contributed by atoms with Gasteiger partial charge in [0.25, 0.3) is 0 Å². The van der Waals surface area contributed by atoms with Crippen LogP contribution in [0.3, 0.4) is 0 Å². The van der Waals surface area contributed by atoms with E-state index >= 15 is 0 Å². The van der Waals surface area contributed by atoms with Crippen molar-refractivity contribution < 1.29 is 4.79 Å². The zero-order valence-corrected chi connectivity index (χ0v) is 20.0. The first-order valence-corrected chi connectivity index (χ1v) is 11.7. The van der Waals surface area contributed by atoms with Crippen LogP contribution >= 0.6 is 0 Å². The molecule has 1 aliphatic heterocycles. The van der Waals surface area contributed by atoms with Gasteiger partial charge in [-0.15, -0.1) is 0 Å². The zero-order chi connectivity index (χ0) is 23.7. The number of nitrogens with zero attached hydrogens (tertiary/aromatic N) is 5. The van der Waals surface area contributed by atoms with Crippen LogP contribution in [0.4, 0.5) is 17.5 Å². The Balaban J connectivity index is 1.23. The topological polar surface area (TPSA) is 66.3 Å². The molecule has 0 spiro atoms. The molecule has 7 nitrogen and oxygen atoms in total. The summed E-state index contributed by atoms with van der Waals surface area (Å²) in [5, 5.41) is 4.46. The smallest absolute Gasteiger partial charge is 0.229 e. The third-order valence-electron chi connectivity index (χ3n) is 6.43. The van der Waals surface area contributed by atoms with Crippen molar-refractivity contribution in [1.29, 1.82) is 0 Å². The number of anilines is 3. The minimum atomic E-state index is 0.177. The van der Waals surface area contributed by atoms with Crippen LogP contribution in [0, 0.1) is 13.8 Å². The molecular formula is C27H30N6O. The number of amides is 1. The molecule has 1 fully saturated rings. The Morgan fingerprint density at radius 1 is 0.971 bits per heavy atom. The zero-order valence-electron chi connectivity index (χ0n) is 20.0. The molecule has 0 radical (unpaired) electrons. The Kier molecular flexibility index (Phi) is 5.92. The minimum Gasteiger partial charge on any atom is -0.353 e. The molecule has 4 aromatic rings. The normalized spacial score (nSPS) is 14.0. The molecule has 174 valence electrons. The first-order valence-electron chi connectivity index (χ1n) is 11.7. The Hall–Kier alpha value is -3.87. The first kappa shape index (κ1) is 21.9. The average molecular weight is 455 g/mol. The van der Waals surface area contributed by atoms with Crippen molar-refractivity contribution >= 4 is 34.3 Å². The van der Waals surface area contributed by atoms with Crippen molar-refractivity contribution in [2.24, 2.45) is 7.05 Å². The van der Waals surface area contributed by atoms with E-state index in [9.17, 15) is 4.79 Å². The summed E-state index contributed by atoms with van der Waals surface area (Å²) in [6, 6.07) is 18.4. The molecule has 3 heterocycles. The van der Waals surface area contributed by atoms with Gasteiger partial charge in [0.05, 0.1) is 6.42 Å². The molecule has 0 unspecified atom stereocenters. The second kappa shape index (κ2) is 9.17. The number of aromatic nitrogens is 3. The molecule has 1 aliphatic rings. The number of benzene rings is 2. The van der Waals surface area contributed by atoms with E-state index in [1.165, 1.54) is 5.56 Å². The summed E-state index contributed by atoms with van der Waals surface area (Å²) in [5.74, 6) is 1.66. The van der Waals surface area contributed by atoms with E-state index in [2.05, 4.69) is 57.2 Å². The maximum atomic E-state index is 13.1. The predicted octanol–water partition coefficient (Wildman–Crippen LogP) is 4.22. The highest BCUT2D eigenvalue weighted by Gasteiger charge is 2.23.